The second-order valence-electron chi connectivity index (χ2n) is 7.05. The average Bonchev–Trinajstić information content (AvgIpc) is 3.56. The van der Waals surface area contributed by atoms with Crippen LogP contribution in [0.2, 0.25) is 0 Å². The third-order valence-electron chi connectivity index (χ3n) is 4.86. The normalized spacial score (nSPS) is 10.4. The minimum atomic E-state index is -0.369. The van der Waals surface area contributed by atoms with Gasteiger partial charge < -0.3 is 19.6 Å². The highest BCUT2D eigenvalue weighted by Gasteiger charge is 2.27. The largest absolute Gasteiger partial charge is 0.483 e. The second-order valence-corrected chi connectivity index (χ2v) is 7.05. The summed E-state index contributed by atoms with van der Waals surface area (Å²) >= 11 is 0. The number of ether oxygens (including phenoxy) is 1. The first-order valence-corrected chi connectivity index (χ1v) is 10.6. The van der Waals surface area contributed by atoms with E-state index >= 15 is 0 Å². The monoisotopic (exact) mass is 466 g/mol. The molecule has 178 valence electrons. The fourth-order valence-electron chi connectivity index (χ4n) is 3.46. The number of anilines is 1. The highest BCUT2D eigenvalue weighted by atomic mass is 16.5. The number of H-pyrrole nitrogens is 1. The molecule has 4 heterocycles. The molecule has 0 bridgehead atoms. The maximum Gasteiger partial charge on any atom is 0.291 e. The number of furan rings is 1. The van der Waals surface area contributed by atoms with Crippen LogP contribution in [0.5, 0.6) is 0 Å². The summed E-state index contributed by atoms with van der Waals surface area (Å²) in [4.78, 5) is 25.7. The van der Waals surface area contributed by atoms with E-state index in [0.29, 0.717) is 36.8 Å². The first kappa shape index (κ1) is 24.4. The molecule has 0 aliphatic carbocycles. The molecule has 0 saturated carbocycles. The third kappa shape index (κ3) is 5.38. The Hall–Kier alpha value is -4.25. The van der Waals surface area contributed by atoms with Crippen molar-refractivity contribution in [2.75, 3.05) is 18.5 Å². The van der Waals surface area contributed by atoms with Crippen LogP contribution in [0.4, 0.5) is 5.69 Å². The summed E-state index contributed by atoms with van der Waals surface area (Å²) in [5, 5.41) is 22.1. The van der Waals surface area contributed by atoms with Gasteiger partial charge in [0.25, 0.3) is 12.4 Å². The van der Waals surface area contributed by atoms with Gasteiger partial charge in [0.1, 0.15) is 5.69 Å². The number of aryl methyl sites for hydroxylation is 2. The second kappa shape index (κ2) is 11.6. The van der Waals surface area contributed by atoms with Crippen LogP contribution in [0.15, 0.2) is 47.2 Å². The SMILES string of the molecule is CCOCCn1nc(-c2ccccn2)c(NC(=O)c2ccco2)c1-c1c(C)n[nH]c1C.O=CO. The highest BCUT2D eigenvalue weighted by Crippen LogP contribution is 2.39. The number of carbonyl (C=O) groups is 2. The minimum absolute atomic E-state index is 0.209. The van der Waals surface area contributed by atoms with Crippen molar-refractivity contribution in [2.24, 2.45) is 0 Å². The summed E-state index contributed by atoms with van der Waals surface area (Å²) in [5.41, 5.74) is 5.04. The van der Waals surface area contributed by atoms with Gasteiger partial charge in [-0.15, -0.1) is 0 Å². The predicted octanol–water partition coefficient (Wildman–Crippen LogP) is 3.53. The number of pyridine rings is 1. The van der Waals surface area contributed by atoms with Crippen molar-refractivity contribution in [3.8, 4) is 22.6 Å². The number of amides is 1. The standard InChI is InChI=1S/C22H24N6O3.CH2O2/c1-4-30-13-11-28-21(18-14(2)25-26-15(18)3)20(24-22(29)17-9-7-12-31-17)19(27-28)16-8-5-6-10-23-16;2-1-3/h5-10,12H,4,11,13H2,1-3H3,(H,24,29)(H,25,26);1H,(H,2,3). The summed E-state index contributed by atoms with van der Waals surface area (Å²) in [6.07, 6.45) is 3.16. The molecule has 0 spiro atoms. The van der Waals surface area contributed by atoms with Gasteiger partial charge in [0.15, 0.2) is 5.76 Å². The zero-order valence-electron chi connectivity index (χ0n) is 19.1. The summed E-state index contributed by atoms with van der Waals surface area (Å²) in [6.45, 7) is 7.14. The van der Waals surface area contributed by atoms with Crippen LogP contribution in [0.1, 0.15) is 28.9 Å². The van der Waals surface area contributed by atoms with Gasteiger partial charge in [0, 0.05) is 24.1 Å². The number of hydrogen-bond acceptors (Lipinski definition) is 7. The molecule has 1 amide bonds. The van der Waals surface area contributed by atoms with Gasteiger partial charge in [-0.05, 0) is 45.0 Å². The number of aromatic nitrogens is 5. The Morgan fingerprint density at radius 2 is 2.09 bits per heavy atom. The molecule has 11 heteroatoms. The molecule has 0 aliphatic heterocycles. The Morgan fingerprint density at radius 3 is 2.68 bits per heavy atom. The van der Waals surface area contributed by atoms with Gasteiger partial charge in [-0.3, -0.25) is 24.4 Å². The van der Waals surface area contributed by atoms with Gasteiger partial charge in [0.2, 0.25) is 0 Å². The smallest absolute Gasteiger partial charge is 0.291 e. The van der Waals surface area contributed by atoms with Crippen LogP contribution in [0.25, 0.3) is 22.6 Å². The molecule has 0 fully saturated rings. The van der Waals surface area contributed by atoms with Crippen LogP contribution < -0.4 is 5.32 Å². The number of aromatic amines is 1. The zero-order chi connectivity index (χ0) is 24.5. The molecule has 34 heavy (non-hydrogen) atoms. The third-order valence-corrected chi connectivity index (χ3v) is 4.86. The Kier molecular flexibility index (Phi) is 8.30. The van der Waals surface area contributed by atoms with Crippen molar-refractivity contribution >= 4 is 18.1 Å². The van der Waals surface area contributed by atoms with Gasteiger partial charge in [-0.2, -0.15) is 10.2 Å². The lowest BCUT2D eigenvalue weighted by Gasteiger charge is -2.11. The van der Waals surface area contributed by atoms with Crippen LogP contribution in [0.3, 0.4) is 0 Å². The molecule has 0 aromatic carbocycles. The molecular weight excluding hydrogens is 440 g/mol. The van der Waals surface area contributed by atoms with E-state index in [2.05, 4.69) is 20.5 Å². The van der Waals surface area contributed by atoms with E-state index in [1.807, 2.05) is 43.7 Å². The van der Waals surface area contributed by atoms with Crippen LogP contribution in [0, 0.1) is 13.8 Å². The lowest BCUT2D eigenvalue weighted by Crippen LogP contribution is -2.13. The van der Waals surface area contributed by atoms with Crippen LogP contribution >= 0.6 is 0 Å². The number of nitrogens with one attached hydrogen (secondary N) is 2. The van der Waals surface area contributed by atoms with E-state index in [1.54, 1.807) is 18.3 Å². The van der Waals surface area contributed by atoms with Crippen molar-refractivity contribution in [1.29, 1.82) is 0 Å². The Balaban J connectivity index is 0.00000103. The lowest BCUT2D eigenvalue weighted by atomic mass is 10.1. The molecule has 0 saturated heterocycles. The van der Waals surface area contributed by atoms with Gasteiger partial charge in [-0.25, -0.2) is 0 Å². The van der Waals surface area contributed by atoms with Crippen LogP contribution in [-0.2, 0) is 16.1 Å². The van der Waals surface area contributed by atoms with E-state index in [1.165, 1.54) is 6.26 Å². The molecule has 0 atom stereocenters. The lowest BCUT2D eigenvalue weighted by molar-refractivity contribution is -0.122. The fourth-order valence-corrected chi connectivity index (χ4v) is 3.46. The van der Waals surface area contributed by atoms with Crippen molar-refractivity contribution in [3.05, 3.63) is 59.9 Å². The van der Waals surface area contributed by atoms with E-state index in [9.17, 15) is 4.79 Å². The Labute approximate surface area is 195 Å². The summed E-state index contributed by atoms with van der Waals surface area (Å²) < 4.78 is 12.7. The minimum Gasteiger partial charge on any atom is -0.483 e. The molecule has 0 aliphatic rings. The molecule has 11 nitrogen and oxygen atoms in total. The molecule has 4 aromatic heterocycles. The van der Waals surface area contributed by atoms with Crippen LogP contribution in [-0.4, -0.2) is 55.7 Å². The zero-order valence-corrected chi connectivity index (χ0v) is 19.1. The van der Waals surface area contributed by atoms with Gasteiger partial charge in [0.05, 0.1) is 42.2 Å². The van der Waals surface area contributed by atoms with Crippen molar-refractivity contribution < 1.29 is 23.8 Å². The van der Waals surface area contributed by atoms with E-state index in [0.717, 1.165) is 22.6 Å². The number of hydrogen-bond donors (Lipinski definition) is 3. The molecule has 3 N–H and O–H groups in total. The summed E-state index contributed by atoms with van der Waals surface area (Å²) in [5.74, 6) is -0.160. The molecular formula is C23H26N6O5. The quantitative estimate of drug-likeness (QED) is 0.264. The van der Waals surface area contributed by atoms with Gasteiger partial charge in [-0.1, -0.05) is 6.07 Å². The van der Waals surface area contributed by atoms with E-state index in [4.69, 9.17) is 24.2 Å². The maximum absolute atomic E-state index is 12.9. The highest BCUT2D eigenvalue weighted by molar-refractivity contribution is 6.07. The van der Waals surface area contributed by atoms with Crippen molar-refractivity contribution in [3.63, 3.8) is 0 Å². The molecule has 0 unspecified atom stereocenters. The number of carbonyl (C=O) groups excluding carboxylic acids is 1. The Bertz CT molecular complexity index is 1190. The molecule has 4 aromatic rings. The number of nitrogens with zero attached hydrogens (tertiary/aromatic N) is 4. The maximum atomic E-state index is 12.9. The van der Waals surface area contributed by atoms with E-state index < -0.39 is 0 Å². The van der Waals surface area contributed by atoms with Gasteiger partial charge >= 0.3 is 0 Å². The van der Waals surface area contributed by atoms with Crippen molar-refractivity contribution in [2.45, 2.75) is 27.3 Å². The topological polar surface area (TPSA) is 148 Å². The summed E-state index contributed by atoms with van der Waals surface area (Å²) in [6, 6.07) is 8.86. The fraction of sp³-hybridized carbons (Fsp3) is 0.261. The predicted molar refractivity (Wildman–Crippen MR) is 124 cm³/mol. The average molecular weight is 466 g/mol. The summed E-state index contributed by atoms with van der Waals surface area (Å²) in [7, 11) is 0. The molecule has 0 radical (unpaired) electrons. The molecule has 4 rings (SSSR count). The van der Waals surface area contributed by atoms with E-state index in [-0.39, 0.29) is 18.1 Å². The number of carboxylic acid groups (broad SMARTS) is 1. The van der Waals surface area contributed by atoms with Crippen molar-refractivity contribution in [1.82, 2.24) is 25.0 Å². The number of rotatable bonds is 8. The Morgan fingerprint density at radius 1 is 1.29 bits per heavy atom. The first-order valence-electron chi connectivity index (χ1n) is 10.6. The first-order chi connectivity index (χ1) is 16.5.